The number of fused-ring (bicyclic) bond motifs is 1. The molecule has 3 heteroatoms. The van der Waals surface area contributed by atoms with Gasteiger partial charge in [-0.25, -0.2) is 9.97 Å². The van der Waals surface area contributed by atoms with Gasteiger partial charge in [0.2, 0.25) is 0 Å². The van der Waals surface area contributed by atoms with Gasteiger partial charge in [0.15, 0.2) is 0 Å². The highest BCUT2D eigenvalue weighted by Gasteiger charge is 2.05. The Bertz CT molecular complexity index is 420. The summed E-state index contributed by atoms with van der Waals surface area (Å²) in [6.07, 6.45) is 3.74. The van der Waals surface area contributed by atoms with Crippen LogP contribution >= 0.6 is 11.3 Å². The van der Waals surface area contributed by atoms with Crippen molar-refractivity contribution in [2.45, 2.75) is 26.7 Å². The zero-order valence-electron chi connectivity index (χ0n) is 7.87. The fraction of sp³-hybridized carbons (Fsp3) is 0.400. The van der Waals surface area contributed by atoms with Crippen LogP contribution in [0.25, 0.3) is 10.2 Å². The Hall–Kier alpha value is -0.960. The summed E-state index contributed by atoms with van der Waals surface area (Å²) in [4.78, 5) is 11.1. The highest BCUT2D eigenvalue weighted by molar-refractivity contribution is 7.18. The summed E-state index contributed by atoms with van der Waals surface area (Å²) < 4.78 is 0. The number of thiophene rings is 1. The van der Waals surface area contributed by atoms with Crippen LogP contribution in [0, 0.1) is 0 Å². The minimum atomic E-state index is 0.985. The number of hydrogen-bond donors (Lipinski definition) is 0. The lowest BCUT2D eigenvalue weighted by atomic mass is 10.2. The summed E-state index contributed by atoms with van der Waals surface area (Å²) in [5.74, 6) is 0. The third-order valence-corrected chi connectivity index (χ3v) is 3.33. The molecule has 0 bridgehead atoms. The summed E-state index contributed by atoms with van der Waals surface area (Å²) in [7, 11) is 0. The van der Waals surface area contributed by atoms with Gasteiger partial charge in [0, 0.05) is 10.3 Å². The average Bonchev–Trinajstić information content (AvgIpc) is 2.59. The van der Waals surface area contributed by atoms with E-state index in [9.17, 15) is 0 Å². The summed E-state index contributed by atoms with van der Waals surface area (Å²) in [6.45, 7) is 4.30. The quantitative estimate of drug-likeness (QED) is 0.731. The molecule has 2 rings (SSSR count). The second-order valence-corrected chi connectivity index (χ2v) is 4.07. The molecule has 68 valence electrons. The van der Waals surface area contributed by atoms with Gasteiger partial charge in [-0.1, -0.05) is 13.8 Å². The lowest BCUT2D eigenvalue weighted by molar-refractivity contribution is 1.03. The molecule has 13 heavy (non-hydrogen) atoms. The fourth-order valence-corrected chi connectivity index (χ4v) is 2.37. The van der Waals surface area contributed by atoms with Gasteiger partial charge in [0.05, 0.1) is 5.69 Å². The molecule has 2 aromatic rings. The van der Waals surface area contributed by atoms with Gasteiger partial charge in [-0.15, -0.1) is 11.3 Å². The third-order valence-electron chi connectivity index (χ3n) is 2.15. The van der Waals surface area contributed by atoms with Crippen LogP contribution < -0.4 is 0 Å². The molecule has 0 aromatic carbocycles. The topological polar surface area (TPSA) is 25.8 Å². The zero-order chi connectivity index (χ0) is 9.26. The van der Waals surface area contributed by atoms with Crippen LogP contribution in [0.3, 0.4) is 0 Å². The molecule has 0 N–H and O–H groups in total. The van der Waals surface area contributed by atoms with Gasteiger partial charge in [-0.05, 0) is 18.9 Å². The fourth-order valence-electron chi connectivity index (χ4n) is 1.41. The Morgan fingerprint density at radius 3 is 2.77 bits per heavy atom. The predicted octanol–water partition coefficient (Wildman–Crippen LogP) is 2.82. The van der Waals surface area contributed by atoms with E-state index in [1.807, 2.05) is 0 Å². The minimum absolute atomic E-state index is 0.985. The predicted molar refractivity (Wildman–Crippen MR) is 56.2 cm³/mol. The number of aromatic nitrogens is 2. The average molecular weight is 192 g/mol. The molecule has 0 atom stereocenters. The van der Waals surface area contributed by atoms with E-state index < -0.39 is 0 Å². The molecule has 0 aliphatic rings. The Balaban J connectivity index is 2.67. The molecule has 0 amide bonds. The maximum Gasteiger partial charge on any atom is 0.127 e. The van der Waals surface area contributed by atoms with Crippen LogP contribution in [0.4, 0.5) is 0 Å². The van der Waals surface area contributed by atoms with Crippen LogP contribution in [0.5, 0.6) is 0 Å². The van der Waals surface area contributed by atoms with Crippen molar-refractivity contribution < 1.29 is 0 Å². The highest BCUT2D eigenvalue weighted by atomic mass is 32.1. The Kier molecular flexibility index (Phi) is 2.27. The number of aryl methyl sites for hydroxylation is 2. The molecule has 0 unspecified atom stereocenters. The first-order chi connectivity index (χ1) is 6.35. The second-order valence-electron chi connectivity index (χ2n) is 2.96. The van der Waals surface area contributed by atoms with Gasteiger partial charge in [0.1, 0.15) is 11.2 Å². The zero-order valence-corrected chi connectivity index (χ0v) is 8.69. The van der Waals surface area contributed by atoms with E-state index in [1.54, 1.807) is 17.7 Å². The minimum Gasteiger partial charge on any atom is -0.241 e. The smallest absolute Gasteiger partial charge is 0.127 e. The summed E-state index contributed by atoms with van der Waals surface area (Å²) in [6, 6.07) is 2.22. The van der Waals surface area contributed by atoms with E-state index in [-0.39, 0.29) is 0 Å². The van der Waals surface area contributed by atoms with Crippen LogP contribution in [-0.2, 0) is 12.8 Å². The molecule has 2 aromatic heterocycles. The van der Waals surface area contributed by atoms with Gasteiger partial charge in [-0.2, -0.15) is 0 Å². The highest BCUT2D eigenvalue weighted by Crippen LogP contribution is 2.25. The van der Waals surface area contributed by atoms with Gasteiger partial charge in [0.25, 0.3) is 0 Å². The van der Waals surface area contributed by atoms with E-state index >= 15 is 0 Å². The van der Waals surface area contributed by atoms with Gasteiger partial charge >= 0.3 is 0 Å². The molecule has 0 aliphatic carbocycles. The monoisotopic (exact) mass is 192 g/mol. The van der Waals surface area contributed by atoms with E-state index in [0.717, 1.165) is 17.7 Å². The van der Waals surface area contributed by atoms with Crippen LogP contribution in [0.15, 0.2) is 12.4 Å². The van der Waals surface area contributed by atoms with Gasteiger partial charge in [-0.3, -0.25) is 0 Å². The van der Waals surface area contributed by atoms with Crippen LogP contribution in [0.1, 0.15) is 24.4 Å². The van der Waals surface area contributed by atoms with Crippen molar-refractivity contribution in [1.82, 2.24) is 9.97 Å². The largest absolute Gasteiger partial charge is 0.241 e. The van der Waals surface area contributed by atoms with E-state index in [1.165, 1.54) is 16.0 Å². The van der Waals surface area contributed by atoms with Crippen molar-refractivity contribution in [3.63, 3.8) is 0 Å². The van der Waals surface area contributed by atoms with Crippen LogP contribution in [-0.4, -0.2) is 9.97 Å². The van der Waals surface area contributed by atoms with E-state index in [0.29, 0.717) is 0 Å². The molecule has 0 saturated heterocycles. The molecule has 0 radical (unpaired) electrons. The standard InChI is InChI=1S/C10H12N2S/c1-3-7-5-8-9(4-2)11-6-12-10(8)13-7/h5-6H,3-4H2,1-2H3. The number of rotatable bonds is 2. The molecule has 0 saturated carbocycles. The first-order valence-corrected chi connectivity index (χ1v) is 5.39. The van der Waals surface area contributed by atoms with Crippen LogP contribution in [0.2, 0.25) is 0 Å². The Labute approximate surface area is 81.7 Å². The molecule has 0 spiro atoms. The van der Waals surface area contributed by atoms with Crippen molar-refractivity contribution >= 4 is 21.6 Å². The van der Waals surface area contributed by atoms with E-state index in [2.05, 4.69) is 29.9 Å². The van der Waals surface area contributed by atoms with Crippen molar-refractivity contribution in [1.29, 1.82) is 0 Å². The normalized spacial score (nSPS) is 10.9. The van der Waals surface area contributed by atoms with Crippen molar-refractivity contribution in [2.24, 2.45) is 0 Å². The summed E-state index contributed by atoms with van der Waals surface area (Å²) in [5.41, 5.74) is 1.17. The second kappa shape index (κ2) is 3.42. The molecule has 0 aliphatic heterocycles. The molecular weight excluding hydrogens is 180 g/mol. The van der Waals surface area contributed by atoms with Crippen molar-refractivity contribution in [3.05, 3.63) is 23.0 Å². The number of nitrogens with zero attached hydrogens (tertiary/aromatic N) is 2. The maximum absolute atomic E-state index is 4.27. The first-order valence-electron chi connectivity index (χ1n) is 4.57. The molecule has 2 nitrogen and oxygen atoms in total. The van der Waals surface area contributed by atoms with Gasteiger partial charge < -0.3 is 0 Å². The Morgan fingerprint density at radius 1 is 1.23 bits per heavy atom. The SMILES string of the molecule is CCc1cc2c(CC)ncnc2s1. The molecule has 2 heterocycles. The number of hydrogen-bond acceptors (Lipinski definition) is 3. The van der Waals surface area contributed by atoms with Crippen molar-refractivity contribution in [3.8, 4) is 0 Å². The lowest BCUT2D eigenvalue weighted by Crippen LogP contribution is -1.87. The summed E-state index contributed by atoms with van der Waals surface area (Å²) in [5, 5.41) is 1.24. The summed E-state index contributed by atoms with van der Waals surface area (Å²) >= 11 is 1.78. The van der Waals surface area contributed by atoms with E-state index in [4.69, 9.17) is 0 Å². The maximum atomic E-state index is 4.27. The third kappa shape index (κ3) is 1.44. The molecule has 0 fully saturated rings. The first kappa shape index (κ1) is 8.63. The Morgan fingerprint density at radius 2 is 2.08 bits per heavy atom. The molecular formula is C10H12N2S. The van der Waals surface area contributed by atoms with Crippen molar-refractivity contribution in [2.75, 3.05) is 0 Å². The lowest BCUT2D eigenvalue weighted by Gasteiger charge is -1.94.